The summed E-state index contributed by atoms with van der Waals surface area (Å²) in [5.74, 6) is -0.560. The molecular formula is C15H18ClFN2O3. The van der Waals surface area contributed by atoms with E-state index in [1.807, 2.05) is 0 Å². The number of carbonyl (C=O) groups is 2. The van der Waals surface area contributed by atoms with Crippen molar-refractivity contribution in [1.29, 1.82) is 0 Å². The maximum Gasteiger partial charge on any atom is 0.225 e. The topological polar surface area (TPSA) is 72.6 Å². The Morgan fingerprint density at radius 3 is 2.64 bits per heavy atom. The summed E-state index contributed by atoms with van der Waals surface area (Å²) in [6.45, 7) is 1.26. The number of hydrogen-bond acceptors (Lipinski definition) is 3. The molecule has 1 aliphatic heterocycles. The first kappa shape index (κ1) is 16.5. The van der Waals surface area contributed by atoms with Gasteiger partial charge >= 0.3 is 0 Å². The number of benzene rings is 1. The van der Waals surface area contributed by atoms with E-state index in [2.05, 4.69) is 0 Å². The molecule has 2 rings (SSSR count). The number of nitrogens with two attached hydrogens (primary N) is 1. The smallest absolute Gasteiger partial charge is 0.225 e. The molecule has 0 spiro atoms. The average molecular weight is 329 g/mol. The van der Waals surface area contributed by atoms with Crippen LogP contribution in [0.5, 0.6) is 5.75 Å². The largest absolute Gasteiger partial charge is 0.493 e. The quantitative estimate of drug-likeness (QED) is 0.898. The normalized spacial score (nSPS) is 15.6. The third-order valence-corrected chi connectivity index (χ3v) is 4.02. The Bertz CT molecular complexity index is 560. The first-order valence-corrected chi connectivity index (χ1v) is 7.50. The number of nitrogens with zero attached hydrogens (tertiary/aromatic N) is 1. The van der Waals surface area contributed by atoms with Gasteiger partial charge in [0.25, 0.3) is 0 Å². The van der Waals surface area contributed by atoms with E-state index in [9.17, 15) is 14.0 Å². The van der Waals surface area contributed by atoms with Crippen LogP contribution < -0.4 is 10.5 Å². The lowest BCUT2D eigenvalue weighted by Gasteiger charge is -2.30. The predicted molar refractivity (Wildman–Crippen MR) is 80.0 cm³/mol. The van der Waals surface area contributed by atoms with Crippen molar-refractivity contribution < 1.29 is 18.7 Å². The Morgan fingerprint density at radius 1 is 1.36 bits per heavy atom. The fourth-order valence-electron chi connectivity index (χ4n) is 2.39. The van der Waals surface area contributed by atoms with Gasteiger partial charge in [-0.2, -0.15) is 0 Å². The van der Waals surface area contributed by atoms with Crippen LogP contribution in [0.3, 0.4) is 0 Å². The molecule has 1 saturated heterocycles. The summed E-state index contributed by atoms with van der Waals surface area (Å²) in [6, 6.07) is 4.05. The number of amides is 2. The molecule has 5 nitrogen and oxygen atoms in total. The van der Waals surface area contributed by atoms with Crippen molar-refractivity contribution in [3.05, 3.63) is 29.0 Å². The molecule has 0 radical (unpaired) electrons. The SMILES string of the molecule is NC(=O)C1CCN(C(=O)CCOc2ccc(F)c(Cl)c2)CC1. The number of hydrogen-bond donors (Lipinski definition) is 1. The summed E-state index contributed by atoms with van der Waals surface area (Å²) in [5, 5.41) is -0.0163. The van der Waals surface area contributed by atoms with Gasteiger partial charge in [-0.25, -0.2) is 4.39 Å². The molecule has 0 aliphatic carbocycles. The third kappa shape index (κ3) is 4.34. The monoisotopic (exact) mass is 328 g/mol. The third-order valence-electron chi connectivity index (χ3n) is 3.73. The zero-order valence-corrected chi connectivity index (χ0v) is 12.8. The molecule has 0 saturated carbocycles. The summed E-state index contributed by atoms with van der Waals surface area (Å²) in [6.07, 6.45) is 1.43. The molecule has 0 atom stereocenters. The minimum atomic E-state index is -0.512. The van der Waals surface area contributed by atoms with Gasteiger partial charge in [0.1, 0.15) is 11.6 Å². The van der Waals surface area contributed by atoms with E-state index in [-0.39, 0.29) is 35.8 Å². The van der Waals surface area contributed by atoms with E-state index < -0.39 is 5.82 Å². The zero-order chi connectivity index (χ0) is 16.1. The zero-order valence-electron chi connectivity index (χ0n) is 12.1. The molecule has 22 heavy (non-hydrogen) atoms. The minimum absolute atomic E-state index is 0.0163. The van der Waals surface area contributed by atoms with Gasteiger partial charge in [-0.05, 0) is 25.0 Å². The van der Waals surface area contributed by atoms with Gasteiger partial charge in [0.15, 0.2) is 0 Å². The summed E-state index contributed by atoms with van der Waals surface area (Å²) >= 11 is 5.65. The number of piperidine rings is 1. The van der Waals surface area contributed by atoms with E-state index in [1.54, 1.807) is 4.90 Å². The molecule has 1 aromatic carbocycles. The molecule has 0 unspecified atom stereocenters. The van der Waals surface area contributed by atoms with Crippen LogP contribution in [0.2, 0.25) is 5.02 Å². The molecule has 2 N–H and O–H groups in total. The standard InChI is InChI=1S/C15H18ClFN2O3/c16-12-9-11(1-2-13(12)17)22-8-5-14(20)19-6-3-10(4-7-19)15(18)21/h1-2,9-10H,3-8H2,(H2,18,21). The second-order valence-electron chi connectivity index (χ2n) is 5.23. The lowest BCUT2D eigenvalue weighted by atomic mass is 9.96. The lowest BCUT2D eigenvalue weighted by Crippen LogP contribution is -2.42. The molecule has 1 heterocycles. The first-order valence-electron chi connectivity index (χ1n) is 7.12. The number of ether oxygens (including phenoxy) is 1. The maximum absolute atomic E-state index is 13.0. The summed E-state index contributed by atoms with van der Waals surface area (Å²) < 4.78 is 18.4. The van der Waals surface area contributed by atoms with Crippen LogP contribution in [0.25, 0.3) is 0 Å². The Labute approximate surface area is 133 Å². The number of primary amides is 1. The predicted octanol–water partition coefficient (Wildman–Crippen LogP) is 1.97. The van der Waals surface area contributed by atoms with Crippen molar-refractivity contribution in [2.24, 2.45) is 11.7 Å². The molecule has 120 valence electrons. The van der Waals surface area contributed by atoms with Crippen LogP contribution in [0.15, 0.2) is 18.2 Å². The molecule has 1 aliphatic rings. The van der Waals surface area contributed by atoms with E-state index in [4.69, 9.17) is 22.1 Å². The molecular weight excluding hydrogens is 311 g/mol. The lowest BCUT2D eigenvalue weighted by molar-refractivity contribution is -0.135. The number of rotatable bonds is 5. The van der Waals surface area contributed by atoms with Crippen LogP contribution in [0.1, 0.15) is 19.3 Å². The van der Waals surface area contributed by atoms with Gasteiger partial charge in [-0.1, -0.05) is 11.6 Å². The number of carbonyl (C=O) groups excluding carboxylic acids is 2. The van der Waals surface area contributed by atoms with E-state index in [0.29, 0.717) is 31.7 Å². The van der Waals surface area contributed by atoms with Crippen LogP contribution >= 0.6 is 11.6 Å². The molecule has 0 bridgehead atoms. The van der Waals surface area contributed by atoms with Crippen LogP contribution in [0, 0.1) is 11.7 Å². The fourth-order valence-corrected chi connectivity index (χ4v) is 2.56. The van der Waals surface area contributed by atoms with Gasteiger partial charge in [-0.15, -0.1) is 0 Å². The fraction of sp³-hybridized carbons (Fsp3) is 0.467. The van der Waals surface area contributed by atoms with E-state index in [0.717, 1.165) is 0 Å². The van der Waals surface area contributed by atoms with Crippen molar-refractivity contribution in [2.75, 3.05) is 19.7 Å². The molecule has 0 aromatic heterocycles. The van der Waals surface area contributed by atoms with Gasteiger partial charge in [-0.3, -0.25) is 9.59 Å². The van der Waals surface area contributed by atoms with Gasteiger partial charge in [0.05, 0.1) is 18.1 Å². The Hall–Kier alpha value is -1.82. The Balaban J connectivity index is 1.74. The highest BCUT2D eigenvalue weighted by Crippen LogP contribution is 2.21. The highest BCUT2D eigenvalue weighted by molar-refractivity contribution is 6.30. The van der Waals surface area contributed by atoms with Gasteiger partial charge in [0, 0.05) is 25.1 Å². The first-order chi connectivity index (χ1) is 10.5. The second-order valence-corrected chi connectivity index (χ2v) is 5.64. The highest BCUT2D eigenvalue weighted by Gasteiger charge is 2.25. The van der Waals surface area contributed by atoms with Crippen molar-refractivity contribution in [3.63, 3.8) is 0 Å². The van der Waals surface area contributed by atoms with Crippen molar-refractivity contribution >= 4 is 23.4 Å². The van der Waals surface area contributed by atoms with Gasteiger partial charge in [0.2, 0.25) is 11.8 Å². The molecule has 1 fully saturated rings. The van der Waals surface area contributed by atoms with Crippen molar-refractivity contribution in [3.8, 4) is 5.75 Å². The van der Waals surface area contributed by atoms with Crippen molar-refractivity contribution in [2.45, 2.75) is 19.3 Å². The Kier molecular flexibility index (Phi) is 5.60. The van der Waals surface area contributed by atoms with Crippen LogP contribution in [-0.2, 0) is 9.59 Å². The van der Waals surface area contributed by atoms with Gasteiger partial charge < -0.3 is 15.4 Å². The van der Waals surface area contributed by atoms with E-state index in [1.165, 1.54) is 18.2 Å². The second kappa shape index (κ2) is 7.45. The summed E-state index contributed by atoms with van der Waals surface area (Å²) in [4.78, 5) is 24.8. The Morgan fingerprint density at radius 2 is 2.05 bits per heavy atom. The summed E-state index contributed by atoms with van der Waals surface area (Å²) in [7, 11) is 0. The van der Waals surface area contributed by atoms with Crippen molar-refractivity contribution in [1.82, 2.24) is 4.90 Å². The molecule has 1 aromatic rings. The van der Waals surface area contributed by atoms with Crippen LogP contribution in [0.4, 0.5) is 4.39 Å². The molecule has 7 heteroatoms. The maximum atomic E-state index is 13.0. The average Bonchev–Trinajstić information content (AvgIpc) is 2.51. The minimum Gasteiger partial charge on any atom is -0.493 e. The highest BCUT2D eigenvalue weighted by atomic mass is 35.5. The summed E-state index contributed by atoms with van der Waals surface area (Å²) in [5.41, 5.74) is 5.26. The van der Waals surface area contributed by atoms with E-state index >= 15 is 0 Å². The molecule has 2 amide bonds. The number of halogens is 2. The van der Waals surface area contributed by atoms with Crippen LogP contribution in [-0.4, -0.2) is 36.4 Å². The number of likely N-dealkylation sites (tertiary alicyclic amines) is 1.